The molecule has 8 rings (SSSR count). The lowest BCUT2D eigenvalue weighted by molar-refractivity contribution is -0.138. The average Bonchev–Trinajstić information content (AvgIpc) is 3.41. The van der Waals surface area contributed by atoms with Gasteiger partial charge in [0.25, 0.3) is 0 Å². The van der Waals surface area contributed by atoms with E-state index in [9.17, 15) is 35.9 Å². The Labute approximate surface area is 471 Å². The molecular formula is C59H68ClF6IN4O6. The Morgan fingerprint density at radius 1 is 0.532 bits per heavy atom. The van der Waals surface area contributed by atoms with E-state index in [4.69, 9.17) is 18.9 Å². The van der Waals surface area contributed by atoms with Crippen molar-refractivity contribution in [2.45, 2.75) is 82.5 Å². The molecule has 0 radical (unpaired) electrons. The first-order valence-electron chi connectivity index (χ1n) is 24.4. The first-order chi connectivity index (χ1) is 35.5. The third kappa shape index (κ3) is 15.2. The zero-order valence-corrected chi connectivity index (χ0v) is 46.2. The molecule has 18 heteroatoms. The van der Waals surface area contributed by atoms with Gasteiger partial charge in [-0.1, -0.05) is 92.4 Å². The predicted octanol–water partition coefficient (Wildman–Crippen LogP) is 13.2. The highest BCUT2D eigenvalue weighted by Gasteiger charge is 2.39. The van der Waals surface area contributed by atoms with Gasteiger partial charge < -0.3 is 29.6 Å². The molecule has 0 unspecified atom stereocenters. The fourth-order valence-electron chi connectivity index (χ4n) is 10.2. The maximum atomic E-state index is 13.2. The van der Waals surface area contributed by atoms with Crippen LogP contribution in [0.2, 0.25) is 0 Å². The van der Waals surface area contributed by atoms with Crippen LogP contribution in [0.25, 0.3) is 0 Å². The summed E-state index contributed by atoms with van der Waals surface area (Å²) in [5, 5.41) is 5.62. The fraction of sp³-hybridized carbons (Fsp3) is 0.356. The Morgan fingerprint density at radius 3 is 1.13 bits per heavy atom. The molecular weight excluding hydrogens is 1140 g/mol. The molecule has 2 aliphatic heterocycles. The summed E-state index contributed by atoms with van der Waals surface area (Å²) in [4.78, 5) is 30.8. The van der Waals surface area contributed by atoms with E-state index >= 15 is 0 Å². The number of methoxy groups -OCH3 is 4. The monoisotopic (exact) mass is 1200 g/mol. The molecule has 77 heavy (non-hydrogen) atoms. The number of aryl methyl sites for hydroxylation is 2. The third-order valence-corrected chi connectivity index (χ3v) is 13.9. The van der Waals surface area contributed by atoms with E-state index in [0.29, 0.717) is 74.6 Å². The molecule has 0 spiro atoms. The van der Waals surface area contributed by atoms with Crippen molar-refractivity contribution in [3.8, 4) is 23.0 Å². The molecule has 6 aromatic rings. The predicted molar refractivity (Wildman–Crippen MR) is 301 cm³/mol. The van der Waals surface area contributed by atoms with Crippen molar-refractivity contribution >= 4 is 48.2 Å². The summed E-state index contributed by atoms with van der Waals surface area (Å²) in [6, 6.07) is 36.3. The number of rotatable bonds is 16. The number of ether oxygens (including phenoxy) is 4. The molecule has 0 aliphatic carbocycles. The van der Waals surface area contributed by atoms with Crippen LogP contribution in [-0.2, 0) is 47.6 Å². The van der Waals surface area contributed by atoms with Gasteiger partial charge in [0.2, 0.25) is 11.8 Å². The van der Waals surface area contributed by atoms with Gasteiger partial charge in [-0.2, -0.15) is 26.3 Å². The van der Waals surface area contributed by atoms with Gasteiger partial charge in [-0.3, -0.25) is 19.4 Å². The van der Waals surface area contributed by atoms with Crippen LogP contribution in [0, 0.1) is 0 Å². The van der Waals surface area contributed by atoms with Gasteiger partial charge >= 0.3 is 12.4 Å². The highest BCUT2D eigenvalue weighted by Crippen LogP contribution is 2.45. The second kappa shape index (κ2) is 28.6. The fourth-order valence-corrected chi connectivity index (χ4v) is 10.2. The largest absolute Gasteiger partial charge is 0.493 e. The van der Waals surface area contributed by atoms with Gasteiger partial charge in [0.15, 0.2) is 23.0 Å². The lowest BCUT2D eigenvalue weighted by atomic mass is 9.86. The minimum atomic E-state index is -4.37. The summed E-state index contributed by atoms with van der Waals surface area (Å²) in [7, 11) is 9.61. The maximum absolute atomic E-state index is 13.2. The van der Waals surface area contributed by atoms with Gasteiger partial charge in [0, 0.05) is 39.3 Å². The molecule has 2 N–H and O–H groups in total. The Kier molecular flexibility index (Phi) is 23.6. The van der Waals surface area contributed by atoms with Crippen LogP contribution in [0.15, 0.2) is 133 Å². The van der Waals surface area contributed by atoms with E-state index < -0.39 is 35.6 Å². The van der Waals surface area contributed by atoms with Crippen LogP contribution in [0.4, 0.5) is 26.3 Å². The normalized spacial score (nSPS) is 15.9. The Hall–Kier alpha value is -6.02. The van der Waals surface area contributed by atoms with E-state index in [2.05, 4.69) is 20.4 Å². The zero-order valence-electron chi connectivity index (χ0n) is 43.1. The molecule has 2 aliphatic rings. The number of amides is 2. The highest BCUT2D eigenvalue weighted by molar-refractivity contribution is 14.0. The second-order valence-electron chi connectivity index (χ2n) is 18.1. The lowest BCUT2D eigenvalue weighted by Gasteiger charge is -2.42. The van der Waals surface area contributed by atoms with Crippen molar-refractivity contribution in [2.24, 2.45) is 0 Å². The molecule has 0 fully saturated rings. The number of halogens is 8. The minimum absolute atomic E-state index is 0. The van der Waals surface area contributed by atoms with Gasteiger partial charge in [0.05, 0.1) is 39.6 Å². The van der Waals surface area contributed by atoms with Crippen molar-refractivity contribution in [2.75, 3.05) is 55.6 Å². The third-order valence-electron chi connectivity index (χ3n) is 13.9. The average molecular weight is 1210 g/mol. The summed E-state index contributed by atoms with van der Waals surface area (Å²) in [6.07, 6.45) is -5.01. The molecule has 6 aromatic carbocycles. The number of benzene rings is 6. The van der Waals surface area contributed by atoms with E-state index in [1.54, 1.807) is 42.5 Å². The van der Waals surface area contributed by atoms with E-state index in [-0.39, 0.29) is 67.7 Å². The first kappa shape index (κ1) is 63.5. The number of nitrogens with zero attached hydrogens (tertiary/aromatic N) is 2. The smallest absolute Gasteiger partial charge is 0.416 e. The molecule has 2 heterocycles. The molecule has 4 atom stereocenters. The first-order valence-corrected chi connectivity index (χ1v) is 24.4. The maximum Gasteiger partial charge on any atom is 0.416 e. The van der Waals surface area contributed by atoms with Crippen molar-refractivity contribution in [3.05, 3.63) is 189 Å². The van der Waals surface area contributed by atoms with Gasteiger partial charge in [-0.05, 0) is 132 Å². The van der Waals surface area contributed by atoms with Crippen LogP contribution in [0.5, 0.6) is 23.0 Å². The number of carbonyl (C=O) groups is 2. The summed E-state index contributed by atoms with van der Waals surface area (Å²) in [5.41, 5.74) is 6.30. The molecule has 0 bridgehead atoms. The lowest BCUT2D eigenvalue weighted by Crippen LogP contribution is -2.44. The number of likely N-dealkylation sites (N-methyl/N-ethyl adjacent to an activating group) is 2. The van der Waals surface area contributed by atoms with Crippen LogP contribution >= 0.6 is 36.4 Å². The van der Waals surface area contributed by atoms with Crippen molar-refractivity contribution in [1.82, 2.24) is 20.4 Å². The van der Waals surface area contributed by atoms with Crippen LogP contribution in [-0.4, -0.2) is 77.2 Å². The number of nitrogens with one attached hydrogen (secondary N) is 2. The SMILES string of the molecule is C.CNC(=O)[C@@H](c1ccccc1)N1CCc2cc(OC)c(OC)cc2[C@@H]1CCc1ccc(C(F)(F)F)cc1.CNC(=O)[C@@H](c1ccccc1)N1CCc2cc(OC)c(OC)cc2[C@@H]1CCc1ccc(C(F)(F)F)cc1.Cl.I. The Balaban J connectivity index is 0.000000320. The minimum Gasteiger partial charge on any atom is -0.493 e. The quantitative estimate of drug-likeness (QED) is 0.0730. The van der Waals surface area contributed by atoms with E-state index in [1.165, 1.54) is 24.3 Å². The second-order valence-corrected chi connectivity index (χ2v) is 18.1. The van der Waals surface area contributed by atoms with Crippen molar-refractivity contribution in [1.29, 1.82) is 0 Å². The van der Waals surface area contributed by atoms with Crippen LogP contribution in [0.3, 0.4) is 0 Å². The topological polar surface area (TPSA) is 102 Å². The Bertz CT molecular complexity index is 2640. The molecule has 10 nitrogen and oxygen atoms in total. The summed E-state index contributed by atoms with van der Waals surface area (Å²) < 4.78 is 100. The molecule has 2 amide bonds. The standard InChI is InChI=1S/2C29H31F3N2O3.CH4.ClH.HI/c2*1-33-28(35)27(20-7-5-4-6-8-20)34-16-15-21-17-25(36-2)26(37-3)18-23(21)24(34)14-11-19-9-12-22(13-10-19)29(30,31)32;;;/h2*4-10,12-13,17-18,24,27H,11,14-16H2,1-3H3,(H,33,35);1H4;2*1H/t2*24-,27+;;;/m00.../s1. The van der Waals surface area contributed by atoms with E-state index in [1.807, 2.05) is 84.9 Å². The van der Waals surface area contributed by atoms with Gasteiger partial charge in [-0.15, -0.1) is 36.4 Å². The summed E-state index contributed by atoms with van der Waals surface area (Å²) in [5.74, 6) is 2.24. The Morgan fingerprint density at radius 2 is 0.844 bits per heavy atom. The number of carbonyl (C=O) groups excluding carboxylic acids is 2. The molecule has 416 valence electrons. The molecule has 0 aromatic heterocycles. The number of alkyl halides is 6. The number of hydrogen-bond donors (Lipinski definition) is 2. The van der Waals surface area contributed by atoms with Gasteiger partial charge in [-0.25, -0.2) is 0 Å². The molecule has 0 saturated heterocycles. The van der Waals surface area contributed by atoms with Crippen LogP contribution < -0.4 is 29.6 Å². The van der Waals surface area contributed by atoms with Crippen LogP contribution in [0.1, 0.15) is 100 Å². The van der Waals surface area contributed by atoms with E-state index in [0.717, 1.165) is 68.8 Å². The number of hydrogen-bond acceptors (Lipinski definition) is 8. The zero-order chi connectivity index (χ0) is 53.2. The van der Waals surface area contributed by atoms with Crippen molar-refractivity contribution < 1.29 is 54.9 Å². The summed E-state index contributed by atoms with van der Waals surface area (Å²) >= 11 is 0. The molecule has 0 saturated carbocycles. The van der Waals surface area contributed by atoms with Crippen molar-refractivity contribution in [3.63, 3.8) is 0 Å². The highest BCUT2D eigenvalue weighted by atomic mass is 127. The summed E-state index contributed by atoms with van der Waals surface area (Å²) in [6.45, 7) is 1.26. The van der Waals surface area contributed by atoms with Gasteiger partial charge in [0.1, 0.15) is 12.1 Å². The number of fused-ring (bicyclic) bond motifs is 2.